The van der Waals surface area contributed by atoms with E-state index >= 15 is 0 Å². The highest BCUT2D eigenvalue weighted by Gasteiger charge is 2.39. The van der Waals surface area contributed by atoms with E-state index in [0.717, 1.165) is 24.6 Å². The first-order chi connectivity index (χ1) is 13.1. The molecular weight excluding hydrogens is 336 g/mol. The van der Waals surface area contributed by atoms with Gasteiger partial charge in [-0.15, -0.1) is 0 Å². The zero-order valence-corrected chi connectivity index (χ0v) is 16.3. The van der Waals surface area contributed by atoms with Crippen molar-refractivity contribution in [1.82, 2.24) is 20.0 Å². The van der Waals surface area contributed by atoms with Gasteiger partial charge in [-0.2, -0.15) is 5.10 Å². The van der Waals surface area contributed by atoms with Gasteiger partial charge in [-0.25, -0.2) is 0 Å². The Morgan fingerprint density at radius 2 is 2.04 bits per heavy atom. The van der Waals surface area contributed by atoms with Crippen molar-refractivity contribution in [3.05, 3.63) is 53.9 Å². The first kappa shape index (κ1) is 18.2. The van der Waals surface area contributed by atoms with Crippen LogP contribution < -0.4 is 5.32 Å². The number of benzene rings is 1. The minimum atomic E-state index is 0.114. The molecule has 1 saturated heterocycles. The Morgan fingerprint density at radius 1 is 1.26 bits per heavy atom. The van der Waals surface area contributed by atoms with Crippen LogP contribution in [-0.2, 0) is 11.3 Å². The molecule has 0 spiro atoms. The summed E-state index contributed by atoms with van der Waals surface area (Å²) in [5.74, 6) is 1.46. The van der Waals surface area contributed by atoms with Gasteiger partial charge in [-0.3, -0.25) is 9.48 Å². The van der Waals surface area contributed by atoms with Gasteiger partial charge >= 0.3 is 0 Å². The highest BCUT2D eigenvalue weighted by molar-refractivity contribution is 5.79. The van der Waals surface area contributed by atoms with E-state index < -0.39 is 0 Å². The average Bonchev–Trinajstić information content (AvgIpc) is 3.28. The number of nitrogens with zero attached hydrogens (tertiary/aromatic N) is 3. The molecule has 5 heteroatoms. The summed E-state index contributed by atoms with van der Waals surface area (Å²) in [6.07, 6.45) is 8.70. The van der Waals surface area contributed by atoms with Crippen molar-refractivity contribution in [2.24, 2.45) is 11.8 Å². The molecule has 2 fully saturated rings. The van der Waals surface area contributed by atoms with E-state index in [1.807, 2.05) is 41.0 Å². The number of carbonyl (C=O) groups excluding carboxylic acids is 1. The van der Waals surface area contributed by atoms with Gasteiger partial charge in [0.15, 0.2) is 0 Å². The summed E-state index contributed by atoms with van der Waals surface area (Å²) >= 11 is 0. The third-order valence-corrected chi connectivity index (χ3v) is 5.99. The SMILES string of the molecule is C[C@H](CC1CC1)NC[C@@H]1CC(=O)N(C)[C@H]1c1cnn(Cc2ccccc2)c1. The Hall–Kier alpha value is -2.14. The van der Waals surface area contributed by atoms with Crippen LogP contribution >= 0.6 is 0 Å². The zero-order valence-electron chi connectivity index (χ0n) is 16.3. The number of hydrogen-bond donors (Lipinski definition) is 1. The third-order valence-electron chi connectivity index (χ3n) is 5.99. The maximum Gasteiger partial charge on any atom is 0.223 e. The molecule has 4 rings (SSSR count). The molecule has 1 N–H and O–H groups in total. The van der Waals surface area contributed by atoms with E-state index in [2.05, 4.69) is 35.7 Å². The molecule has 1 aliphatic carbocycles. The highest BCUT2D eigenvalue weighted by Crippen LogP contribution is 2.37. The summed E-state index contributed by atoms with van der Waals surface area (Å²) in [4.78, 5) is 14.3. The fourth-order valence-corrected chi connectivity index (χ4v) is 4.31. The minimum absolute atomic E-state index is 0.114. The van der Waals surface area contributed by atoms with E-state index in [4.69, 9.17) is 0 Å². The molecule has 2 aromatic rings. The Labute approximate surface area is 161 Å². The lowest BCUT2D eigenvalue weighted by Crippen LogP contribution is -2.34. The van der Waals surface area contributed by atoms with Crippen LogP contribution in [-0.4, -0.2) is 40.2 Å². The lowest BCUT2D eigenvalue weighted by molar-refractivity contribution is -0.127. The quantitative estimate of drug-likeness (QED) is 0.780. The second-order valence-corrected chi connectivity index (χ2v) is 8.36. The first-order valence-corrected chi connectivity index (χ1v) is 10.2. The molecule has 1 aromatic heterocycles. The lowest BCUT2D eigenvalue weighted by Gasteiger charge is -2.25. The average molecular weight is 367 g/mol. The van der Waals surface area contributed by atoms with Crippen LogP contribution in [0.15, 0.2) is 42.7 Å². The van der Waals surface area contributed by atoms with Crippen LogP contribution in [0.5, 0.6) is 0 Å². The summed E-state index contributed by atoms with van der Waals surface area (Å²) in [6, 6.07) is 11.0. The number of amides is 1. The zero-order chi connectivity index (χ0) is 18.8. The Bertz CT molecular complexity index is 768. The fourth-order valence-electron chi connectivity index (χ4n) is 4.31. The van der Waals surface area contributed by atoms with Crippen molar-refractivity contribution >= 4 is 5.91 Å². The van der Waals surface area contributed by atoms with Crippen LogP contribution in [0.2, 0.25) is 0 Å². The molecule has 3 atom stereocenters. The Balaban J connectivity index is 1.42. The van der Waals surface area contributed by atoms with Crippen molar-refractivity contribution in [3.63, 3.8) is 0 Å². The van der Waals surface area contributed by atoms with Gasteiger partial charge in [0.25, 0.3) is 0 Å². The maximum atomic E-state index is 12.4. The topological polar surface area (TPSA) is 50.2 Å². The number of nitrogens with one attached hydrogen (secondary N) is 1. The van der Waals surface area contributed by atoms with E-state index in [1.54, 1.807) is 0 Å². The van der Waals surface area contributed by atoms with Gasteiger partial charge in [-0.05, 0) is 24.8 Å². The predicted octanol–water partition coefficient (Wildman–Crippen LogP) is 3.23. The lowest BCUT2D eigenvalue weighted by atomic mass is 9.95. The van der Waals surface area contributed by atoms with Gasteiger partial charge in [0.2, 0.25) is 5.91 Å². The summed E-state index contributed by atoms with van der Waals surface area (Å²) < 4.78 is 1.97. The predicted molar refractivity (Wildman–Crippen MR) is 106 cm³/mol. The second-order valence-electron chi connectivity index (χ2n) is 8.36. The summed E-state index contributed by atoms with van der Waals surface area (Å²) in [5.41, 5.74) is 2.37. The minimum Gasteiger partial charge on any atom is -0.338 e. The van der Waals surface area contributed by atoms with E-state index in [0.29, 0.717) is 18.4 Å². The molecule has 0 unspecified atom stereocenters. The van der Waals surface area contributed by atoms with Crippen LogP contribution in [0, 0.1) is 11.8 Å². The van der Waals surface area contributed by atoms with Crippen molar-refractivity contribution in [2.45, 2.75) is 51.2 Å². The molecular formula is C22H30N4O. The summed E-state index contributed by atoms with van der Waals surface area (Å²) in [6.45, 7) is 3.91. The van der Waals surface area contributed by atoms with Gasteiger partial charge in [0, 0.05) is 43.7 Å². The fraction of sp³-hybridized carbons (Fsp3) is 0.545. The Morgan fingerprint density at radius 3 is 2.78 bits per heavy atom. The molecule has 1 saturated carbocycles. The highest BCUT2D eigenvalue weighted by atomic mass is 16.2. The number of carbonyl (C=O) groups is 1. The van der Waals surface area contributed by atoms with Crippen LogP contribution in [0.4, 0.5) is 0 Å². The van der Waals surface area contributed by atoms with Crippen LogP contribution in [0.1, 0.15) is 49.8 Å². The largest absolute Gasteiger partial charge is 0.338 e. The van der Waals surface area contributed by atoms with Crippen molar-refractivity contribution in [2.75, 3.05) is 13.6 Å². The van der Waals surface area contributed by atoms with E-state index in [1.165, 1.54) is 24.8 Å². The molecule has 5 nitrogen and oxygen atoms in total. The Kier molecular flexibility index (Phi) is 5.30. The number of aromatic nitrogens is 2. The molecule has 2 heterocycles. The van der Waals surface area contributed by atoms with Crippen LogP contribution in [0.25, 0.3) is 0 Å². The van der Waals surface area contributed by atoms with Crippen molar-refractivity contribution in [3.8, 4) is 0 Å². The molecule has 1 aromatic carbocycles. The first-order valence-electron chi connectivity index (χ1n) is 10.2. The molecule has 1 aliphatic heterocycles. The molecule has 144 valence electrons. The normalized spacial score (nSPS) is 23.8. The van der Waals surface area contributed by atoms with E-state index in [9.17, 15) is 4.79 Å². The number of hydrogen-bond acceptors (Lipinski definition) is 3. The summed E-state index contributed by atoms with van der Waals surface area (Å²) in [5, 5.41) is 8.23. The molecule has 0 radical (unpaired) electrons. The van der Waals surface area contributed by atoms with Gasteiger partial charge in [-0.1, -0.05) is 43.2 Å². The van der Waals surface area contributed by atoms with Crippen molar-refractivity contribution < 1.29 is 4.79 Å². The van der Waals surface area contributed by atoms with Gasteiger partial charge < -0.3 is 10.2 Å². The molecule has 27 heavy (non-hydrogen) atoms. The number of rotatable bonds is 8. The van der Waals surface area contributed by atoms with Gasteiger partial charge in [0.05, 0.1) is 18.8 Å². The van der Waals surface area contributed by atoms with Crippen LogP contribution in [0.3, 0.4) is 0 Å². The van der Waals surface area contributed by atoms with Crippen molar-refractivity contribution in [1.29, 1.82) is 0 Å². The smallest absolute Gasteiger partial charge is 0.223 e. The third kappa shape index (κ3) is 4.41. The molecule has 2 aliphatic rings. The van der Waals surface area contributed by atoms with E-state index in [-0.39, 0.29) is 11.9 Å². The van der Waals surface area contributed by atoms with Gasteiger partial charge in [0.1, 0.15) is 0 Å². The standard InChI is InChI=1S/C22H30N4O/c1-16(10-17-8-9-17)23-12-19-11-21(27)25(2)22(19)20-13-24-26(15-20)14-18-6-4-3-5-7-18/h3-7,13,15-17,19,22-23H,8-12,14H2,1-2H3/t16-,19+,22-/m1/s1. The monoisotopic (exact) mass is 366 g/mol. The second kappa shape index (κ2) is 7.85. The molecule has 1 amide bonds. The summed E-state index contributed by atoms with van der Waals surface area (Å²) in [7, 11) is 1.93. The number of likely N-dealkylation sites (tertiary alicyclic amines) is 1. The molecule has 0 bridgehead atoms. The maximum absolute atomic E-state index is 12.4.